The molecule has 0 spiro atoms. The quantitative estimate of drug-likeness (QED) is 0.345. The predicted molar refractivity (Wildman–Crippen MR) is 138 cm³/mol. The molecule has 8 heteroatoms. The number of imide groups is 1. The summed E-state index contributed by atoms with van der Waals surface area (Å²) in [6.45, 7) is 1.68. The van der Waals surface area contributed by atoms with Crippen LogP contribution in [0.4, 0.5) is 4.79 Å². The maximum atomic E-state index is 12.8. The van der Waals surface area contributed by atoms with Crippen LogP contribution in [0, 0.1) is 3.57 Å². The maximum absolute atomic E-state index is 12.8. The maximum Gasteiger partial charge on any atom is 0.294 e. The minimum absolute atomic E-state index is 0.157. The first-order valence-corrected chi connectivity index (χ1v) is 12.9. The molecule has 2 fully saturated rings. The summed E-state index contributed by atoms with van der Waals surface area (Å²) < 4.78 is 7.00. The van der Waals surface area contributed by atoms with Crippen molar-refractivity contribution in [3.8, 4) is 5.75 Å². The fraction of sp³-hybridized carbons (Fsp3) is 0.320. The number of amides is 3. The van der Waals surface area contributed by atoms with E-state index in [0.29, 0.717) is 24.6 Å². The van der Waals surface area contributed by atoms with Crippen LogP contribution in [-0.4, -0.2) is 46.5 Å². The summed E-state index contributed by atoms with van der Waals surface area (Å²) >= 11 is 3.14. The lowest BCUT2D eigenvalue weighted by Crippen LogP contribution is -2.42. The standard InChI is InChI=1S/C25H25IN2O4S/c26-20-9-5-19(6-10-20)17-32-21-11-7-18(8-12-21)15-22-24(30)28(25(31)33-22)16-23(29)27-13-3-1-2-4-14-27/h5-12,15H,1-4,13-14,16-17H2. The number of hydrogen-bond donors (Lipinski definition) is 0. The molecule has 0 bridgehead atoms. The normalized spacial score (nSPS) is 18.0. The van der Waals surface area contributed by atoms with E-state index < -0.39 is 11.1 Å². The Kier molecular flexibility index (Phi) is 8.08. The van der Waals surface area contributed by atoms with Crippen molar-refractivity contribution in [2.45, 2.75) is 32.3 Å². The van der Waals surface area contributed by atoms with Gasteiger partial charge in [-0.05, 0) is 88.7 Å². The third kappa shape index (κ3) is 6.38. The van der Waals surface area contributed by atoms with Gasteiger partial charge in [0.05, 0.1) is 4.91 Å². The number of thioether (sulfide) groups is 1. The summed E-state index contributed by atoms with van der Waals surface area (Å²) in [6.07, 6.45) is 5.85. The highest BCUT2D eigenvalue weighted by Crippen LogP contribution is 2.32. The molecular weight excluding hydrogens is 551 g/mol. The molecule has 0 N–H and O–H groups in total. The van der Waals surface area contributed by atoms with Crippen LogP contribution in [-0.2, 0) is 16.2 Å². The molecular formula is C25H25IN2O4S. The van der Waals surface area contributed by atoms with Gasteiger partial charge in [0.15, 0.2) is 0 Å². The Morgan fingerprint density at radius 3 is 2.30 bits per heavy atom. The van der Waals surface area contributed by atoms with E-state index in [1.165, 1.54) is 3.57 Å². The minimum atomic E-state index is -0.410. The topological polar surface area (TPSA) is 66.9 Å². The summed E-state index contributed by atoms with van der Waals surface area (Å²) in [6, 6.07) is 15.5. The first-order chi connectivity index (χ1) is 16.0. The van der Waals surface area contributed by atoms with Crippen LogP contribution >= 0.6 is 34.4 Å². The molecule has 2 aliphatic heterocycles. The number of likely N-dealkylation sites (tertiary alicyclic amines) is 1. The SMILES string of the molecule is O=C(CN1C(=O)SC(=Cc2ccc(OCc3ccc(I)cc3)cc2)C1=O)N1CCCCCC1. The molecule has 6 nitrogen and oxygen atoms in total. The van der Waals surface area contributed by atoms with Crippen molar-refractivity contribution in [1.82, 2.24) is 9.80 Å². The lowest BCUT2D eigenvalue weighted by Gasteiger charge is -2.22. The van der Waals surface area contributed by atoms with Crippen molar-refractivity contribution >= 4 is 57.5 Å². The van der Waals surface area contributed by atoms with Crippen LogP contribution < -0.4 is 4.74 Å². The second kappa shape index (κ2) is 11.2. The summed E-state index contributed by atoms with van der Waals surface area (Å²) in [7, 11) is 0. The second-order valence-electron chi connectivity index (χ2n) is 8.05. The van der Waals surface area contributed by atoms with E-state index in [-0.39, 0.29) is 12.5 Å². The highest BCUT2D eigenvalue weighted by Gasteiger charge is 2.37. The first kappa shape index (κ1) is 23.8. The lowest BCUT2D eigenvalue weighted by atomic mass is 10.2. The van der Waals surface area contributed by atoms with Crippen molar-refractivity contribution in [2.75, 3.05) is 19.6 Å². The zero-order valence-corrected chi connectivity index (χ0v) is 21.1. The van der Waals surface area contributed by atoms with Crippen molar-refractivity contribution in [3.63, 3.8) is 0 Å². The van der Waals surface area contributed by atoms with Crippen molar-refractivity contribution in [3.05, 3.63) is 68.1 Å². The number of carbonyl (C=O) groups is 3. The van der Waals surface area contributed by atoms with Gasteiger partial charge < -0.3 is 9.64 Å². The molecule has 2 aromatic rings. The average Bonchev–Trinajstić information content (AvgIpc) is 3.01. The number of rotatable bonds is 6. The Labute approximate surface area is 211 Å². The van der Waals surface area contributed by atoms with E-state index in [1.54, 1.807) is 11.0 Å². The number of benzene rings is 2. The van der Waals surface area contributed by atoms with Gasteiger partial charge in [-0.15, -0.1) is 0 Å². The fourth-order valence-corrected chi connectivity index (χ4v) is 4.95. The Bertz CT molecular complexity index is 1050. The number of nitrogens with zero attached hydrogens (tertiary/aromatic N) is 2. The van der Waals surface area contributed by atoms with Gasteiger partial charge >= 0.3 is 0 Å². The van der Waals surface area contributed by atoms with E-state index >= 15 is 0 Å². The number of carbonyl (C=O) groups excluding carboxylic acids is 3. The molecule has 0 aliphatic carbocycles. The Morgan fingerprint density at radius 1 is 0.970 bits per heavy atom. The fourth-order valence-electron chi connectivity index (χ4n) is 3.75. The Balaban J connectivity index is 1.35. The molecule has 172 valence electrons. The third-order valence-corrected chi connectivity index (χ3v) is 7.25. The zero-order chi connectivity index (χ0) is 23.2. The lowest BCUT2D eigenvalue weighted by molar-refractivity contribution is -0.135. The van der Waals surface area contributed by atoms with Gasteiger partial charge in [-0.3, -0.25) is 19.3 Å². The highest BCUT2D eigenvalue weighted by atomic mass is 127. The third-order valence-electron chi connectivity index (χ3n) is 5.62. The molecule has 0 unspecified atom stereocenters. The van der Waals surface area contributed by atoms with Gasteiger partial charge in [0.2, 0.25) is 5.91 Å². The van der Waals surface area contributed by atoms with Gasteiger partial charge in [-0.25, -0.2) is 0 Å². The van der Waals surface area contributed by atoms with Crippen LogP contribution in [0.15, 0.2) is 53.4 Å². The Hall–Kier alpha value is -2.33. The van der Waals surface area contributed by atoms with Crippen LogP contribution in [0.2, 0.25) is 0 Å². The molecule has 0 aromatic heterocycles. The zero-order valence-electron chi connectivity index (χ0n) is 18.2. The van der Waals surface area contributed by atoms with Crippen molar-refractivity contribution < 1.29 is 19.1 Å². The van der Waals surface area contributed by atoms with E-state index in [4.69, 9.17) is 4.74 Å². The number of hydrogen-bond acceptors (Lipinski definition) is 5. The minimum Gasteiger partial charge on any atom is -0.489 e. The molecule has 2 heterocycles. The van der Waals surface area contributed by atoms with Gasteiger partial charge in [0.1, 0.15) is 18.9 Å². The highest BCUT2D eigenvalue weighted by molar-refractivity contribution is 14.1. The molecule has 0 radical (unpaired) electrons. The van der Waals surface area contributed by atoms with Gasteiger partial charge in [-0.1, -0.05) is 37.1 Å². The summed E-state index contributed by atoms with van der Waals surface area (Å²) in [5, 5.41) is -0.396. The second-order valence-corrected chi connectivity index (χ2v) is 10.3. The molecule has 2 aliphatic rings. The molecule has 4 rings (SSSR count). The van der Waals surface area contributed by atoms with Crippen LogP contribution in [0.3, 0.4) is 0 Å². The van der Waals surface area contributed by atoms with Gasteiger partial charge in [0, 0.05) is 16.7 Å². The van der Waals surface area contributed by atoms with E-state index in [2.05, 4.69) is 22.6 Å². The molecule has 0 saturated carbocycles. The summed E-state index contributed by atoms with van der Waals surface area (Å²) in [5.41, 5.74) is 1.88. The summed E-state index contributed by atoms with van der Waals surface area (Å²) in [5.74, 6) is 0.157. The molecule has 3 amide bonds. The molecule has 2 aromatic carbocycles. The van der Waals surface area contributed by atoms with Gasteiger partial charge in [-0.2, -0.15) is 0 Å². The summed E-state index contributed by atoms with van der Waals surface area (Å²) in [4.78, 5) is 41.0. The van der Waals surface area contributed by atoms with Gasteiger partial charge in [0.25, 0.3) is 11.1 Å². The smallest absolute Gasteiger partial charge is 0.294 e. The number of ether oxygens (including phenoxy) is 1. The largest absolute Gasteiger partial charge is 0.489 e. The van der Waals surface area contributed by atoms with Crippen LogP contribution in [0.25, 0.3) is 6.08 Å². The molecule has 2 saturated heterocycles. The van der Waals surface area contributed by atoms with Crippen molar-refractivity contribution in [1.29, 1.82) is 0 Å². The van der Waals surface area contributed by atoms with Crippen LogP contribution in [0.5, 0.6) is 5.75 Å². The van der Waals surface area contributed by atoms with Crippen molar-refractivity contribution in [2.24, 2.45) is 0 Å². The molecule has 33 heavy (non-hydrogen) atoms. The Morgan fingerprint density at radius 2 is 1.64 bits per heavy atom. The molecule has 0 atom stereocenters. The van der Waals surface area contributed by atoms with E-state index in [0.717, 1.165) is 59.2 Å². The average molecular weight is 576 g/mol. The monoisotopic (exact) mass is 576 g/mol. The number of halogens is 1. The van der Waals surface area contributed by atoms with E-state index in [1.807, 2.05) is 48.5 Å². The van der Waals surface area contributed by atoms with E-state index in [9.17, 15) is 14.4 Å². The first-order valence-electron chi connectivity index (χ1n) is 11.0. The van der Waals surface area contributed by atoms with Crippen LogP contribution in [0.1, 0.15) is 36.8 Å². The predicted octanol–water partition coefficient (Wildman–Crippen LogP) is 5.31.